The number of aliphatic imine (C=N–C) groups is 1. The Balaban J connectivity index is 3.51. The van der Waals surface area contributed by atoms with Crippen LogP contribution in [0.25, 0.3) is 0 Å². The fraction of sp³-hybridized carbons (Fsp3) is 0.0909. The molecule has 0 aliphatic rings. The predicted octanol–water partition coefficient (Wildman–Crippen LogP) is 3.48. The molecule has 0 bridgehead atoms. The van der Waals surface area contributed by atoms with Gasteiger partial charge in [0.15, 0.2) is 0 Å². The van der Waals surface area contributed by atoms with Gasteiger partial charge < -0.3 is 5.73 Å². The number of nitriles is 1. The molecule has 0 fully saturated rings. The van der Waals surface area contributed by atoms with Gasteiger partial charge in [-0.15, -0.1) is 0 Å². The van der Waals surface area contributed by atoms with Crippen LogP contribution in [0, 0.1) is 11.3 Å². The second-order valence-electron chi connectivity index (χ2n) is 3.01. The van der Waals surface area contributed by atoms with Crippen LogP contribution in [0.3, 0.4) is 0 Å². The summed E-state index contributed by atoms with van der Waals surface area (Å²) < 4.78 is 0.579. The van der Waals surface area contributed by atoms with Crippen LogP contribution in [0.15, 0.2) is 27.8 Å². The number of rotatable bonds is 2. The summed E-state index contributed by atoms with van der Waals surface area (Å²) in [5, 5.41) is 9.75. The highest BCUT2D eigenvalue weighted by molar-refractivity contribution is 9.12. The quantitative estimate of drug-likeness (QED) is 0.843. The largest absolute Gasteiger partial charge is 0.404 e. The van der Waals surface area contributed by atoms with E-state index >= 15 is 0 Å². The number of allylic oxidation sites excluding steroid dienone is 1. The van der Waals surface area contributed by atoms with E-state index < -0.39 is 0 Å². The monoisotopic (exact) mass is 331 g/mol. The van der Waals surface area contributed by atoms with E-state index in [1.165, 1.54) is 12.3 Å². The minimum atomic E-state index is 0.329. The molecule has 6 heteroatoms. The van der Waals surface area contributed by atoms with E-state index in [1.54, 1.807) is 13.1 Å². The van der Waals surface area contributed by atoms with E-state index in [9.17, 15) is 0 Å². The van der Waals surface area contributed by atoms with Crippen LogP contribution >= 0.6 is 39.1 Å². The third-order valence-corrected chi connectivity index (χ3v) is 3.39. The average molecular weight is 333 g/mol. The lowest BCUT2D eigenvalue weighted by Gasteiger charge is -2.08. The smallest absolute Gasteiger partial charge is 0.0999 e. The summed E-state index contributed by atoms with van der Waals surface area (Å²) in [5.41, 5.74) is 6.93. The molecule has 1 rings (SSSR count). The summed E-state index contributed by atoms with van der Waals surface area (Å²) >= 11 is 15.0. The number of halogens is 3. The maximum absolute atomic E-state index is 9.06. The predicted molar refractivity (Wildman–Crippen MR) is 74.8 cm³/mol. The third-order valence-electron chi connectivity index (χ3n) is 2.03. The number of benzene rings is 1. The average Bonchev–Trinajstić information content (AvgIpc) is 2.33. The molecular formula is C11H8BrCl2N3. The fourth-order valence-electron chi connectivity index (χ4n) is 1.27. The van der Waals surface area contributed by atoms with Gasteiger partial charge in [-0.2, -0.15) is 5.26 Å². The standard InChI is InChI=1S/C11H8BrCl2N3/c1-17-11(8(12)5-16)7-3-10(14)9(13)2-6(7)4-15/h2-3,5H,16H2,1H3. The molecule has 0 heterocycles. The van der Waals surface area contributed by atoms with Gasteiger partial charge in [0.1, 0.15) is 0 Å². The van der Waals surface area contributed by atoms with Gasteiger partial charge in [-0.1, -0.05) is 23.2 Å². The zero-order valence-corrected chi connectivity index (χ0v) is 11.9. The van der Waals surface area contributed by atoms with E-state index in [0.717, 1.165) is 0 Å². The molecule has 0 aliphatic carbocycles. The van der Waals surface area contributed by atoms with Gasteiger partial charge in [0, 0.05) is 18.8 Å². The number of nitrogens with two attached hydrogens (primary N) is 1. The molecule has 0 atom stereocenters. The molecule has 0 amide bonds. The lowest BCUT2D eigenvalue weighted by molar-refractivity contribution is 1.41. The molecule has 0 spiro atoms. The van der Waals surface area contributed by atoms with E-state index in [2.05, 4.69) is 20.9 Å². The number of nitrogens with zero attached hydrogens (tertiary/aromatic N) is 2. The molecule has 0 radical (unpaired) electrons. The lowest BCUT2D eigenvalue weighted by atomic mass is 10.0. The van der Waals surface area contributed by atoms with Gasteiger partial charge in [-0.05, 0) is 28.1 Å². The van der Waals surface area contributed by atoms with Crippen LogP contribution in [-0.2, 0) is 0 Å². The van der Waals surface area contributed by atoms with Crippen LogP contribution in [0.4, 0.5) is 0 Å². The highest BCUT2D eigenvalue weighted by Gasteiger charge is 2.14. The molecule has 2 N–H and O–H groups in total. The first kappa shape index (κ1) is 14.0. The molecule has 88 valence electrons. The molecule has 3 nitrogen and oxygen atoms in total. The zero-order chi connectivity index (χ0) is 13.0. The van der Waals surface area contributed by atoms with Gasteiger partial charge in [0.05, 0.1) is 31.9 Å². The third kappa shape index (κ3) is 3.01. The van der Waals surface area contributed by atoms with Crippen molar-refractivity contribution < 1.29 is 0 Å². The summed E-state index contributed by atoms with van der Waals surface area (Å²) in [6.07, 6.45) is 1.35. The van der Waals surface area contributed by atoms with Gasteiger partial charge in [-0.3, -0.25) is 4.99 Å². The van der Waals surface area contributed by atoms with E-state index in [0.29, 0.717) is 31.4 Å². The van der Waals surface area contributed by atoms with E-state index in [1.807, 2.05) is 6.07 Å². The van der Waals surface area contributed by atoms with E-state index in [-0.39, 0.29) is 0 Å². The fourth-order valence-corrected chi connectivity index (χ4v) is 1.99. The number of hydrogen-bond donors (Lipinski definition) is 1. The van der Waals surface area contributed by atoms with Crippen molar-refractivity contribution in [1.29, 1.82) is 5.26 Å². The molecule has 0 aromatic heterocycles. The van der Waals surface area contributed by atoms with Gasteiger partial charge in [0.2, 0.25) is 0 Å². The molecule has 0 aliphatic heterocycles. The highest BCUT2D eigenvalue weighted by atomic mass is 79.9. The highest BCUT2D eigenvalue weighted by Crippen LogP contribution is 2.28. The van der Waals surface area contributed by atoms with Gasteiger partial charge in [0.25, 0.3) is 0 Å². The maximum atomic E-state index is 9.06. The molecule has 0 saturated heterocycles. The second kappa shape index (κ2) is 6.06. The van der Waals surface area contributed by atoms with Crippen molar-refractivity contribution in [2.45, 2.75) is 0 Å². The summed E-state index contributed by atoms with van der Waals surface area (Å²) in [6.45, 7) is 0. The van der Waals surface area contributed by atoms with Crippen molar-refractivity contribution in [3.8, 4) is 6.07 Å². The molecule has 17 heavy (non-hydrogen) atoms. The normalized spacial score (nSPS) is 12.4. The molecular weight excluding hydrogens is 325 g/mol. The Bertz CT molecular complexity index is 544. The van der Waals surface area contributed by atoms with Gasteiger partial charge >= 0.3 is 0 Å². The summed E-state index contributed by atoms with van der Waals surface area (Å²) in [6, 6.07) is 5.14. The topological polar surface area (TPSA) is 62.2 Å². The lowest BCUT2D eigenvalue weighted by Crippen LogP contribution is -2.05. The Hall–Kier alpha value is -1.02. The SMILES string of the molecule is CN=C(C(Br)=CN)c1cc(Cl)c(Cl)cc1C#N. The van der Waals surface area contributed by atoms with Crippen molar-refractivity contribution in [2.24, 2.45) is 10.7 Å². The Morgan fingerprint density at radius 3 is 2.53 bits per heavy atom. The van der Waals surface area contributed by atoms with Crippen LogP contribution in [0.1, 0.15) is 11.1 Å². The van der Waals surface area contributed by atoms with Crippen molar-refractivity contribution in [2.75, 3.05) is 7.05 Å². The molecule has 0 unspecified atom stereocenters. The van der Waals surface area contributed by atoms with Crippen LogP contribution in [0.2, 0.25) is 10.0 Å². The Morgan fingerprint density at radius 2 is 2.06 bits per heavy atom. The summed E-state index contributed by atoms with van der Waals surface area (Å²) in [5.74, 6) is 0. The molecule has 0 saturated carbocycles. The van der Waals surface area contributed by atoms with Crippen LogP contribution in [0.5, 0.6) is 0 Å². The van der Waals surface area contributed by atoms with Crippen molar-refractivity contribution in [1.82, 2.24) is 0 Å². The first-order valence-electron chi connectivity index (χ1n) is 4.49. The summed E-state index contributed by atoms with van der Waals surface area (Å²) in [4.78, 5) is 4.08. The minimum Gasteiger partial charge on any atom is -0.404 e. The Labute approximate surface area is 118 Å². The van der Waals surface area contributed by atoms with Crippen LogP contribution in [-0.4, -0.2) is 12.8 Å². The zero-order valence-electron chi connectivity index (χ0n) is 8.84. The first-order chi connectivity index (χ1) is 8.04. The number of hydrogen-bond acceptors (Lipinski definition) is 3. The Morgan fingerprint density at radius 1 is 1.47 bits per heavy atom. The van der Waals surface area contributed by atoms with Crippen LogP contribution < -0.4 is 5.73 Å². The van der Waals surface area contributed by atoms with E-state index in [4.69, 9.17) is 34.2 Å². The minimum absolute atomic E-state index is 0.329. The van der Waals surface area contributed by atoms with Gasteiger partial charge in [-0.25, -0.2) is 0 Å². The van der Waals surface area contributed by atoms with Crippen molar-refractivity contribution >= 4 is 44.8 Å². The molecule has 1 aromatic rings. The first-order valence-corrected chi connectivity index (χ1v) is 6.04. The van der Waals surface area contributed by atoms with Crippen molar-refractivity contribution in [3.63, 3.8) is 0 Å². The Kier molecular flexibility index (Phi) is 5.01. The van der Waals surface area contributed by atoms with Crippen molar-refractivity contribution in [3.05, 3.63) is 44.0 Å². The molecule has 1 aromatic carbocycles. The summed E-state index contributed by atoms with van der Waals surface area (Å²) in [7, 11) is 1.60. The maximum Gasteiger partial charge on any atom is 0.0999 e. The second-order valence-corrected chi connectivity index (χ2v) is 4.68.